The molecule has 2 aromatic carbocycles. The molecule has 0 fully saturated rings. The van der Waals surface area contributed by atoms with E-state index in [1.807, 2.05) is 30.3 Å². The summed E-state index contributed by atoms with van der Waals surface area (Å²) in [6.07, 6.45) is 0. The van der Waals surface area contributed by atoms with Gasteiger partial charge in [-0.05, 0) is 24.3 Å². The fourth-order valence-electron chi connectivity index (χ4n) is 1.53. The molecule has 18 heavy (non-hydrogen) atoms. The quantitative estimate of drug-likeness (QED) is 0.857. The molecular weight excluding hydrogens is 246 g/mol. The fraction of sp³-hybridized carbons (Fsp3) is 0.0714. The highest BCUT2D eigenvalue weighted by Gasteiger charge is 2.09. The highest BCUT2D eigenvalue weighted by Crippen LogP contribution is 2.29. The van der Waals surface area contributed by atoms with Crippen LogP contribution in [0.2, 0.25) is 0 Å². The Morgan fingerprint density at radius 1 is 1.06 bits per heavy atom. The van der Waals surface area contributed by atoms with Crippen LogP contribution in [-0.4, -0.2) is 12.1 Å². The Balaban J connectivity index is 2.38. The third kappa shape index (κ3) is 2.78. The van der Waals surface area contributed by atoms with Crippen molar-refractivity contribution in [1.29, 1.82) is 0 Å². The van der Waals surface area contributed by atoms with E-state index in [4.69, 9.17) is 27.4 Å². The molecule has 3 nitrogen and oxygen atoms in total. The second kappa shape index (κ2) is 5.51. The van der Waals surface area contributed by atoms with Gasteiger partial charge in [-0.15, -0.1) is 0 Å². The molecule has 0 heterocycles. The van der Waals surface area contributed by atoms with Crippen LogP contribution in [0.15, 0.2) is 48.5 Å². The molecule has 0 unspecified atom stereocenters. The molecule has 0 aliphatic carbocycles. The summed E-state index contributed by atoms with van der Waals surface area (Å²) in [6.45, 7) is 0. The molecule has 4 heteroatoms. The molecule has 2 rings (SSSR count). The average Bonchev–Trinajstić information content (AvgIpc) is 2.39. The van der Waals surface area contributed by atoms with Crippen LogP contribution in [0, 0.1) is 0 Å². The van der Waals surface area contributed by atoms with Crippen LogP contribution in [0.1, 0.15) is 5.56 Å². The molecule has 0 radical (unpaired) electrons. The average molecular weight is 259 g/mol. The number of rotatable bonds is 4. The molecule has 0 aliphatic heterocycles. The first kappa shape index (κ1) is 12.4. The lowest BCUT2D eigenvalue weighted by Gasteiger charge is -2.11. The van der Waals surface area contributed by atoms with Crippen molar-refractivity contribution in [3.05, 3.63) is 54.1 Å². The van der Waals surface area contributed by atoms with Crippen LogP contribution in [0.3, 0.4) is 0 Å². The molecule has 0 bridgehead atoms. The first-order chi connectivity index (χ1) is 8.70. The monoisotopic (exact) mass is 259 g/mol. The van der Waals surface area contributed by atoms with E-state index in [1.54, 1.807) is 25.3 Å². The van der Waals surface area contributed by atoms with Crippen LogP contribution in [0.4, 0.5) is 0 Å². The van der Waals surface area contributed by atoms with Crippen LogP contribution in [0.25, 0.3) is 0 Å². The number of para-hydroxylation sites is 1. The van der Waals surface area contributed by atoms with Gasteiger partial charge in [-0.1, -0.05) is 30.4 Å². The van der Waals surface area contributed by atoms with Crippen molar-refractivity contribution >= 4 is 17.2 Å². The third-order valence-corrected chi connectivity index (χ3v) is 2.65. The summed E-state index contributed by atoms with van der Waals surface area (Å²) in [5, 5.41) is 0. The first-order valence-electron chi connectivity index (χ1n) is 5.41. The van der Waals surface area contributed by atoms with E-state index in [-0.39, 0.29) is 0 Å². The molecule has 0 saturated carbocycles. The molecule has 0 aromatic heterocycles. The molecule has 2 aromatic rings. The maximum absolute atomic E-state index is 5.77. The van der Waals surface area contributed by atoms with Crippen molar-refractivity contribution in [1.82, 2.24) is 0 Å². The highest BCUT2D eigenvalue weighted by atomic mass is 32.1. The number of ether oxygens (including phenoxy) is 2. The Kier molecular flexibility index (Phi) is 3.79. The summed E-state index contributed by atoms with van der Waals surface area (Å²) >= 11 is 5.00. The van der Waals surface area contributed by atoms with Gasteiger partial charge in [-0.25, -0.2) is 0 Å². The van der Waals surface area contributed by atoms with Crippen molar-refractivity contribution in [2.45, 2.75) is 0 Å². The fourth-order valence-corrected chi connectivity index (χ4v) is 1.70. The lowest BCUT2D eigenvalue weighted by molar-refractivity contribution is 0.409. The molecule has 0 saturated heterocycles. The van der Waals surface area contributed by atoms with E-state index in [2.05, 4.69) is 0 Å². The zero-order valence-electron chi connectivity index (χ0n) is 9.92. The van der Waals surface area contributed by atoms with E-state index in [9.17, 15) is 0 Å². The minimum Gasteiger partial charge on any atom is -0.497 e. The lowest BCUT2D eigenvalue weighted by Crippen LogP contribution is -2.10. The number of hydrogen-bond acceptors (Lipinski definition) is 3. The van der Waals surface area contributed by atoms with Crippen LogP contribution < -0.4 is 15.2 Å². The number of benzene rings is 2. The predicted octanol–water partition coefficient (Wildman–Crippen LogP) is 3.12. The van der Waals surface area contributed by atoms with E-state index in [0.717, 1.165) is 5.75 Å². The molecule has 0 spiro atoms. The van der Waals surface area contributed by atoms with Crippen molar-refractivity contribution in [3.63, 3.8) is 0 Å². The van der Waals surface area contributed by atoms with Gasteiger partial charge < -0.3 is 15.2 Å². The normalized spacial score (nSPS) is 9.83. The summed E-state index contributed by atoms with van der Waals surface area (Å²) in [5.41, 5.74) is 6.36. The Bertz CT molecular complexity index is 555. The second-order valence-corrected chi connectivity index (χ2v) is 4.08. The molecule has 2 N–H and O–H groups in total. The van der Waals surface area contributed by atoms with Gasteiger partial charge in [0.05, 0.1) is 12.7 Å². The zero-order valence-corrected chi connectivity index (χ0v) is 10.7. The van der Waals surface area contributed by atoms with Gasteiger partial charge in [0.2, 0.25) is 0 Å². The SMILES string of the molecule is COc1ccc(C(N)=S)c(Oc2ccccc2)c1. The summed E-state index contributed by atoms with van der Waals surface area (Å²) in [5.74, 6) is 2.01. The molecule has 92 valence electrons. The Labute approximate surface area is 111 Å². The van der Waals surface area contributed by atoms with Gasteiger partial charge in [0.15, 0.2) is 0 Å². The summed E-state index contributed by atoms with van der Waals surface area (Å²) < 4.78 is 10.9. The van der Waals surface area contributed by atoms with Crippen molar-refractivity contribution in [2.24, 2.45) is 5.73 Å². The number of thiocarbonyl (C=S) groups is 1. The Morgan fingerprint density at radius 3 is 2.39 bits per heavy atom. The maximum atomic E-state index is 5.77. The topological polar surface area (TPSA) is 44.5 Å². The Hall–Kier alpha value is -2.07. The smallest absolute Gasteiger partial charge is 0.141 e. The largest absolute Gasteiger partial charge is 0.497 e. The van der Waals surface area contributed by atoms with Crippen LogP contribution in [-0.2, 0) is 0 Å². The first-order valence-corrected chi connectivity index (χ1v) is 5.82. The predicted molar refractivity (Wildman–Crippen MR) is 75.4 cm³/mol. The van der Waals surface area contributed by atoms with Crippen molar-refractivity contribution in [2.75, 3.05) is 7.11 Å². The zero-order chi connectivity index (χ0) is 13.0. The van der Waals surface area contributed by atoms with Gasteiger partial charge >= 0.3 is 0 Å². The van der Waals surface area contributed by atoms with E-state index in [1.165, 1.54) is 0 Å². The summed E-state index contributed by atoms with van der Waals surface area (Å²) in [4.78, 5) is 0.295. The number of nitrogens with two attached hydrogens (primary N) is 1. The Morgan fingerprint density at radius 2 is 1.78 bits per heavy atom. The summed E-state index contributed by atoms with van der Waals surface area (Å²) in [6, 6.07) is 14.8. The summed E-state index contributed by atoms with van der Waals surface area (Å²) in [7, 11) is 1.60. The maximum Gasteiger partial charge on any atom is 0.141 e. The molecule has 0 atom stereocenters. The third-order valence-electron chi connectivity index (χ3n) is 2.43. The van der Waals surface area contributed by atoms with E-state index in [0.29, 0.717) is 22.1 Å². The molecule has 0 amide bonds. The number of hydrogen-bond donors (Lipinski definition) is 1. The van der Waals surface area contributed by atoms with E-state index >= 15 is 0 Å². The minimum absolute atomic E-state index is 0.295. The second-order valence-electron chi connectivity index (χ2n) is 3.64. The van der Waals surface area contributed by atoms with Crippen molar-refractivity contribution in [3.8, 4) is 17.2 Å². The lowest BCUT2D eigenvalue weighted by atomic mass is 10.2. The van der Waals surface area contributed by atoms with Gasteiger partial charge in [-0.3, -0.25) is 0 Å². The van der Waals surface area contributed by atoms with Gasteiger partial charge in [0.25, 0.3) is 0 Å². The molecular formula is C14H13NO2S. The van der Waals surface area contributed by atoms with Gasteiger partial charge in [0, 0.05) is 6.07 Å². The van der Waals surface area contributed by atoms with Crippen LogP contribution in [0.5, 0.6) is 17.2 Å². The highest BCUT2D eigenvalue weighted by molar-refractivity contribution is 7.80. The van der Waals surface area contributed by atoms with Gasteiger partial charge in [-0.2, -0.15) is 0 Å². The van der Waals surface area contributed by atoms with Crippen molar-refractivity contribution < 1.29 is 9.47 Å². The minimum atomic E-state index is 0.295. The van der Waals surface area contributed by atoms with Crippen LogP contribution >= 0.6 is 12.2 Å². The van der Waals surface area contributed by atoms with Gasteiger partial charge in [0.1, 0.15) is 22.2 Å². The van der Waals surface area contributed by atoms with E-state index < -0.39 is 0 Å². The standard InChI is InChI=1S/C14H13NO2S/c1-16-11-7-8-12(14(15)18)13(9-11)17-10-5-3-2-4-6-10/h2-9H,1H3,(H2,15,18). The molecule has 0 aliphatic rings. The number of methoxy groups -OCH3 is 1.